The van der Waals surface area contributed by atoms with E-state index in [1.165, 1.54) is 6.92 Å². The van der Waals surface area contributed by atoms with Gasteiger partial charge in [-0.2, -0.15) is 0 Å². The van der Waals surface area contributed by atoms with E-state index in [4.69, 9.17) is 0 Å². The van der Waals surface area contributed by atoms with Crippen LogP contribution in [0.2, 0.25) is 0 Å². The van der Waals surface area contributed by atoms with Gasteiger partial charge in [-0.05, 0) is 39.2 Å². The summed E-state index contributed by atoms with van der Waals surface area (Å²) in [5.41, 5.74) is 0. The maximum Gasteiger partial charge on any atom is 0.243 e. The van der Waals surface area contributed by atoms with Gasteiger partial charge in [0.05, 0.1) is 0 Å². The highest BCUT2D eigenvalue weighted by molar-refractivity contribution is 5.87. The van der Waals surface area contributed by atoms with Crippen molar-refractivity contribution in [2.24, 2.45) is 0 Å². The van der Waals surface area contributed by atoms with E-state index in [-0.39, 0.29) is 23.9 Å². The summed E-state index contributed by atoms with van der Waals surface area (Å²) in [5, 5.41) is 6.47. The molecule has 0 bridgehead atoms. The summed E-state index contributed by atoms with van der Waals surface area (Å²) in [6, 6.07) is 0.257. The molecule has 2 fully saturated rings. The van der Waals surface area contributed by atoms with Crippen molar-refractivity contribution in [3.8, 4) is 0 Å². The predicted molar refractivity (Wildman–Crippen MR) is 69.0 cm³/mol. The van der Waals surface area contributed by atoms with Crippen molar-refractivity contribution in [2.75, 3.05) is 13.1 Å². The molecule has 2 saturated heterocycles. The summed E-state index contributed by atoms with van der Waals surface area (Å²) in [4.78, 5) is 25.4. The molecule has 2 amide bonds. The van der Waals surface area contributed by atoms with Gasteiger partial charge < -0.3 is 15.5 Å². The van der Waals surface area contributed by atoms with E-state index in [1.807, 2.05) is 0 Å². The van der Waals surface area contributed by atoms with Crippen LogP contribution in [0.15, 0.2) is 0 Å². The zero-order chi connectivity index (χ0) is 13.1. The third kappa shape index (κ3) is 2.83. The Hall–Kier alpha value is -1.10. The molecule has 2 rings (SSSR count). The highest BCUT2D eigenvalue weighted by Gasteiger charge is 2.34. The van der Waals surface area contributed by atoms with E-state index >= 15 is 0 Å². The van der Waals surface area contributed by atoms with Crippen LogP contribution in [0.3, 0.4) is 0 Å². The van der Waals surface area contributed by atoms with Crippen LogP contribution in [0.25, 0.3) is 0 Å². The van der Waals surface area contributed by atoms with Gasteiger partial charge in [0.2, 0.25) is 11.8 Å². The monoisotopic (exact) mass is 253 g/mol. The molecular weight excluding hydrogens is 230 g/mol. The minimum Gasteiger partial charge on any atom is -0.350 e. The van der Waals surface area contributed by atoms with Crippen molar-refractivity contribution in [2.45, 2.75) is 57.7 Å². The summed E-state index contributed by atoms with van der Waals surface area (Å²) >= 11 is 0. The molecular formula is C13H23N3O2. The highest BCUT2D eigenvalue weighted by Crippen LogP contribution is 2.18. The average molecular weight is 253 g/mol. The maximum atomic E-state index is 12.2. The van der Waals surface area contributed by atoms with Crippen molar-refractivity contribution >= 4 is 11.8 Å². The van der Waals surface area contributed by atoms with E-state index in [0.717, 1.165) is 32.2 Å². The second-order valence-corrected chi connectivity index (χ2v) is 5.37. The fourth-order valence-corrected chi connectivity index (χ4v) is 2.94. The Kier molecular flexibility index (Phi) is 4.22. The molecule has 2 aliphatic rings. The van der Waals surface area contributed by atoms with Gasteiger partial charge in [-0.1, -0.05) is 0 Å². The molecule has 5 heteroatoms. The van der Waals surface area contributed by atoms with E-state index in [1.54, 1.807) is 4.90 Å². The molecule has 3 unspecified atom stereocenters. The highest BCUT2D eigenvalue weighted by atomic mass is 16.2. The first-order valence-corrected chi connectivity index (χ1v) is 6.90. The summed E-state index contributed by atoms with van der Waals surface area (Å²) in [6.45, 7) is 5.38. The first-order chi connectivity index (χ1) is 8.59. The number of carbonyl (C=O) groups excluding carboxylic acids is 2. The maximum absolute atomic E-state index is 12.2. The normalized spacial score (nSPS) is 32.3. The van der Waals surface area contributed by atoms with Crippen LogP contribution >= 0.6 is 0 Å². The lowest BCUT2D eigenvalue weighted by Crippen LogP contribution is -2.55. The van der Waals surface area contributed by atoms with Gasteiger partial charge >= 0.3 is 0 Å². The predicted octanol–water partition coefficient (Wildman–Crippen LogP) is 0.254. The molecule has 0 aromatic carbocycles. The number of likely N-dealkylation sites (tertiary alicyclic amines) is 1. The molecule has 18 heavy (non-hydrogen) atoms. The number of nitrogens with zero attached hydrogens (tertiary/aromatic N) is 1. The van der Waals surface area contributed by atoms with Crippen LogP contribution < -0.4 is 10.6 Å². The lowest BCUT2D eigenvalue weighted by atomic mass is 9.99. The van der Waals surface area contributed by atoms with E-state index in [9.17, 15) is 9.59 Å². The third-order valence-corrected chi connectivity index (χ3v) is 4.05. The molecule has 2 aliphatic heterocycles. The van der Waals surface area contributed by atoms with Gasteiger partial charge in [-0.3, -0.25) is 9.59 Å². The SMILES string of the molecule is CC(=O)N1CCCC1C(=O)NC1CCCNC1C. The van der Waals surface area contributed by atoms with Crippen LogP contribution in [0.1, 0.15) is 39.5 Å². The van der Waals surface area contributed by atoms with Crippen molar-refractivity contribution in [3.63, 3.8) is 0 Å². The van der Waals surface area contributed by atoms with Crippen LogP contribution in [-0.4, -0.2) is 47.9 Å². The lowest BCUT2D eigenvalue weighted by molar-refractivity contribution is -0.137. The minimum atomic E-state index is -0.253. The summed E-state index contributed by atoms with van der Waals surface area (Å²) in [6.07, 6.45) is 3.83. The van der Waals surface area contributed by atoms with Gasteiger partial charge in [0, 0.05) is 25.6 Å². The summed E-state index contributed by atoms with van der Waals surface area (Å²) < 4.78 is 0. The first-order valence-electron chi connectivity index (χ1n) is 6.90. The molecule has 5 nitrogen and oxygen atoms in total. The Morgan fingerprint density at radius 2 is 2.06 bits per heavy atom. The topological polar surface area (TPSA) is 61.4 Å². The number of nitrogens with one attached hydrogen (secondary N) is 2. The van der Waals surface area contributed by atoms with Gasteiger partial charge in [-0.25, -0.2) is 0 Å². The first kappa shape index (κ1) is 13.3. The molecule has 2 heterocycles. The van der Waals surface area contributed by atoms with Crippen molar-refractivity contribution in [1.29, 1.82) is 0 Å². The van der Waals surface area contributed by atoms with Gasteiger partial charge in [0.15, 0.2) is 0 Å². The molecule has 0 aromatic rings. The minimum absolute atomic E-state index is 0.00228. The Morgan fingerprint density at radius 3 is 2.72 bits per heavy atom. The number of hydrogen-bond donors (Lipinski definition) is 2. The standard InChI is InChI=1S/C13H23N3O2/c1-9-11(5-3-7-14-9)15-13(18)12-6-4-8-16(12)10(2)17/h9,11-12,14H,3-8H2,1-2H3,(H,15,18). The fourth-order valence-electron chi connectivity index (χ4n) is 2.94. The van der Waals surface area contributed by atoms with E-state index in [0.29, 0.717) is 12.6 Å². The second kappa shape index (κ2) is 5.69. The Balaban J connectivity index is 1.92. The number of amides is 2. The van der Waals surface area contributed by atoms with Gasteiger partial charge in [0.1, 0.15) is 6.04 Å². The third-order valence-electron chi connectivity index (χ3n) is 4.05. The molecule has 0 aliphatic carbocycles. The van der Waals surface area contributed by atoms with E-state index in [2.05, 4.69) is 17.6 Å². The molecule has 0 saturated carbocycles. The average Bonchev–Trinajstić information content (AvgIpc) is 2.81. The Labute approximate surface area is 108 Å². The number of carbonyl (C=O) groups is 2. The fraction of sp³-hybridized carbons (Fsp3) is 0.846. The second-order valence-electron chi connectivity index (χ2n) is 5.37. The zero-order valence-corrected chi connectivity index (χ0v) is 11.2. The van der Waals surface area contributed by atoms with Crippen LogP contribution in [0.4, 0.5) is 0 Å². The smallest absolute Gasteiger partial charge is 0.243 e. The molecule has 0 aromatic heterocycles. The summed E-state index contributed by atoms with van der Waals surface area (Å²) in [5.74, 6) is 0.0192. The van der Waals surface area contributed by atoms with Crippen molar-refractivity contribution in [1.82, 2.24) is 15.5 Å². The molecule has 3 atom stereocenters. The lowest BCUT2D eigenvalue weighted by Gasteiger charge is -2.32. The molecule has 102 valence electrons. The summed E-state index contributed by atoms with van der Waals surface area (Å²) in [7, 11) is 0. The molecule has 0 spiro atoms. The largest absolute Gasteiger partial charge is 0.350 e. The zero-order valence-electron chi connectivity index (χ0n) is 11.2. The number of rotatable bonds is 2. The van der Waals surface area contributed by atoms with Gasteiger partial charge in [-0.15, -0.1) is 0 Å². The van der Waals surface area contributed by atoms with Crippen LogP contribution in [0.5, 0.6) is 0 Å². The number of hydrogen-bond acceptors (Lipinski definition) is 3. The van der Waals surface area contributed by atoms with Gasteiger partial charge in [0.25, 0.3) is 0 Å². The quantitative estimate of drug-likeness (QED) is 0.742. The molecule has 2 N–H and O–H groups in total. The van der Waals surface area contributed by atoms with Crippen LogP contribution in [-0.2, 0) is 9.59 Å². The van der Waals surface area contributed by atoms with E-state index < -0.39 is 0 Å². The molecule has 0 radical (unpaired) electrons. The van der Waals surface area contributed by atoms with Crippen LogP contribution in [0, 0.1) is 0 Å². The number of piperidine rings is 1. The Bertz CT molecular complexity index is 332. The Morgan fingerprint density at radius 1 is 1.28 bits per heavy atom. The van der Waals surface area contributed by atoms with Crippen molar-refractivity contribution < 1.29 is 9.59 Å². The van der Waals surface area contributed by atoms with Crippen molar-refractivity contribution in [3.05, 3.63) is 0 Å².